The predicted octanol–water partition coefficient (Wildman–Crippen LogP) is 8.89. The fourth-order valence-corrected chi connectivity index (χ4v) is 2.78. The zero-order valence-corrected chi connectivity index (χ0v) is 20.0. The average molecular weight is 460 g/mol. The minimum Gasteiger partial charge on any atom is -0.398 e. The standard InChI is InChI=1S/C17H15N3O.C9H12.C3H8.CH4.H2/c1-2-12-5-8-16(17(19)10-12)14(11-18)9-13-3-6-15(20-21)7-4-13;1-8(2)9-6-4-3-5-7-9;1-3-2;;/h2-10,20-21H,1,19H2;3-8H,1-2H3;3H2,1-2H3;1H4;1H/b14-9+;;;;. The van der Waals surface area contributed by atoms with Gasteiger partial charge < -0.3 is 5.73 Å². The van der Waals surface area contributed by atoms with Crippen molar-refractivity contribution >= 4 is 29.1 Å². The van der Waals surface area contributed by atoms with Crippen LogP contribution in [0.2, 0.25) is 0 Å². The fraction of sp³-hybridized carbons (Fsp3) is 0.233. The highest BCUT2D eigenvalue weighted by molar-refractivity contribution is 5.93. The number of nitrogens with zero attached hydrogens (tertiary/aromatic N) is 1. The number of rotatable bonds is 5. The molecule has 3 rings (SSSR count). The third-order valence-corrected chi connectivity index (χ3v) is 4.54. The third-order valence-electron chi connectivity index (χ3n) is 4.54. The first-order valence-electron chi connectivity index (χ1n) is 11.1. The van der Waals surface area contributed by atoms with E-state index in [0.29, 0.717) is 28.4 Å². The van der Waals surface area contributed by atoms with Gasteiger partial charge in [0.05, 0.1) is 17.3 Å². The Kier molecular flexibility index (Phi) is 14.9. The molecule has 0 aliphatic rings. The summed E-state index contributed by atoms with van der Waals surface area (Å²) in [4.78, 5) is 0. The molecule has 4 N–H and O–H groups in total. The molecule has 0 saturated carbocycles. The molecule has 4 heteroatoms. The van der Waals surface area contributed by atoms with Crippen LogP contribution in [0.4, 0.5) is 11.4 Å². The van der Waals surface area contributed by atoms with Crippen molar-refractivity contribution < 1.29 is 6.63 Å². The molecule has 0 radical (unpaired) electrons. The fourth-order valence-electron chi connectivity index (χ4n) is 2.78. The van der Waals surface area contributed by atoms with Crippen molar-refractivity contribution in [3.63, 3.8) is 0 Å². The number of nitrogens with two attached hydrogens (primary N) is 1. The number of allylic oxidation sites excluding steroid dienone is 1. The minimum atomic E-state index is 0. The summed E-state index contributed by atoms with van der Waals surface area (Å²) in [5, 5.41) is 18.1. The number of nitrogens with one attached hydrogen (secondary N) is 1. The first-order valence-corrected chi connectivity index (χ1v) is 11.1. The van der Waals surface area contributed by atoms with Crippen LogP contribution in [0, 0.1) is 11.3 Å². The van der Waals surface area contributed by atoms with Gasteiger partial charge in [0.15, 0.2) is 0 Å². The predicted molar refractivity (Wildman–Crippen MR) is 152 cm³/mol. The van der Waals surface area contributed by atoms with Gasteiger partial charge in [-0.2, -0.15) is 5.26 Å². The van der Waals surface area contributed by atoms with E-state index in [1.807, 2.05) is 18.2 Å². The van der Waals surface area contributed by atoms with Crippen molar-refractivity contribution in [2.75, 3.05) is 11.2 Å². The summed E-state index contributed by atoms with van der Waals surface area (Å²) in [7, 11) is 0. The van der Waals surface area contributed by atoms with Gasteiger partial charge in [-0.05, 0) is 46.9 Å². The Morgan fingerprint density at radius 3 is 2.03 bits per heavy atom. The molecule has 0 amide bonds. The number of benzene rings is 3. The molecule has 0 fully saturated rings. The Bertz CT molecular complexity index is 1050. The largest absolute Gasteiger partial charge is 0.398 e. The molecule has 0 aliphatic carbocycles. The number of nitriles is 1. The first kappa shape index (κ1) is 30.2. The average Bonchev–Trinajstić information content (AvgIpc) is 2.84. The van der Waals surface area contributed by atoms with Crippen LogP contribution in [-0.2, 0) is 0 Å². The molecule has 0 aromatic heterocycles. The van der Waals surface area contributed by atoms with Gasteiger partial charge >= 0.3 is 0 Å². The van der Waals surface area contributed by atoms with Crippen LogP contribution < -0.4 is 11.2 Å². The second-order valence-corrected chi connectivity index (χ2v) is 7.73. The van der Waals surface area contributed by atoms with Crippen molar-refractivity contribution in [2.45, 2.75) is 47.5 Å². The number of nitrogen functional groups attached to an aromatic ring is 1. The molecule has 0 atom stereocenters. The zero-order valence-electron chi connectivity index (χ0n) is 20.0. The summed E-state index contributed by atoms with van der Waals surface area (Å²) < 4.78 is 0. The van der Waals surface area contributed by atoms with E-state index in [0.717, 1.165) is 11.1 Å². The van der Waals surface area contributed by atoms with Crippen molar-refractivity contribution in [3.05, 3.63) is 102 Å². The lowest BCUT2D eigenvalue weighted by Crippen LogP contribution is -1.94. The molecule has 0 spiro atoms. The van der Waals surface area contributed by atoms with Crippen LogP contribution in [0.1, 0.15) is 71.1 Å². The van der Waals surface area contributed by atoms with Crippen LogP contribution in [0.5, 0.6) is 0 Å². The van der Waals surface area contributed by atoms with E-state index in [-0.39, 0.29) is 8.85 Å². The number of hydrogen-bond acceptors (Lipinski definition) is 4. The molecule has 4 nitrogen and oxygen atoms in total. The highest BCUT2D eigenvalue weighted by Crippen LogP contribution is 2.25. The molecule has 0 heterocycles. The van der Waals surface area contributed by atoms with Gasteiger partial charge in [0.1, 0.15) is 0 Å². The quantitative estimate of drug-likeness (QED) is 0.154. The summed E-state index contributed by atoms with van der Waals surface area (Å²) >= 11 is 0. The van der Waals surface area contributed by atoms with Crippen LogP contribution in [0.3, 0.4) is 0 Å². The highest BCUT2D eigenvalue weighted by atomic mass is 16.5. The molecule has 3 aromatic rings. The third kappa shape index (κ3) is 10.2. The Morgan fingerprint density at radius 2 is 1.62 bits per heavy atom. The molecule has 0 saturated heterocycles. The van der Waals surface area contributed by atoms with Crippen molar-refractivity contribution in [1.82, 2.24) is 0 Å². The van der Waals surface area contributed by atoms with Gasteiger partial charge in [0, 0.05) is 12.7 Å². The second-order valence-electron chi connectivity index (χ2n) is 7.73. The van der Waals surface area contributed by atoms with Gasteiger partial charge in [-0.1, -0.05) is 109 Å². The number of hydrogen-bond donors (Lipinski definition) is 3. The van der Waals surface area contributed by atoms with Crippen molar-refractivity contribution in [3.8, 4) is 6.07 Å². The molecule has 0 bridgehead atoms. The number of anilines is 2. The maximum atomic E-state index is 9.35. The van der Waals surface area contributed by atoms with E-state index in [2.05, 4.69) is 70.1 Å². The van der Waals surface area contributed by atoms with Gasteiger partial charge in [0.2, 0.25) is 0 Å². The molecule has 3 aromatic carbocycles. The lowest BCUT2D eigenvalue weighted by atomic mass is 10.0. The lowest BCUT2D eigenvalue weighted by molar-refractivity contribution is 0.389. The van der Waals surface area contributed by atoms with Gasteiger partial charge in [0.25, 0.3) is 0 Å². The Hall–Kier alpha value is -3.81. The van der Waals surface area contributed by atoms with Gasteiger partial charge in [-0.25, -0.2) is 0 Å². The van der Waals surface area contributed by atoms with Crippen LogP contribution in [0.25, 0.3) is 17.7 Å². The SMILES string of the molecule is C.C=Cc1ccc(/C(C#N)=C/c2ccc(NO)cc2)c(N)c1.CC(C)c1ccccc1.CCC.[HH]. The Morgan fingerprint density at radius 1 is 1.06 bits per heavy atom. The van der Waals surface area contributed by atoms with E-state index < -0.39 is 0 Å². The second kappa shape index (κ2) is 16.8. The molecule has 0 aliphatic heterocycles. The Balaban J connectivity index is 0. The molecule has 0 unspecified atom stereocenters. The van der Waals surface area contributed by atoms with E-state index in [1.54, 1.807) is 42.5 Å². The molecular formula is C30H41N3O. The highest BCUT2D eigenvalue weighted by Gasteiger charge is 2.06. The lowest BCUT2D eigenvalue weighted by Gasteiger charge is -2.06. The van der Waals surface area contributed by atoms with Crippen molar-refractivity contribution in [2.24, 2.45) is 0 Å². The summed E-state index contributed by atoms with van der Waals surface area (Å²) in [6.45, 7) is 12.3. The zero-order chi connectivity index (χ0) is 24.6. The summed E-state index contributed by atoms with van der Waals surface area (Å²) in [6.07, 6.45) is 4.71. The van der Waals surface area contributed by atoms with Gasteiger partial charge in [-0.3, -0.25) is 10.7 Å². The van der Waals surface area contributed by atoms with Crippen molar-refractivity contribution in [1.29, 1.82) is 5.26 Å². The van der Waals surface area contributed by atoms with Crippen LogP contribution in [0.15, 0.2) is 79.4 Å². The monoisotopic (exact) mass is 459 g/mol. The first-order chi connectivity index (χ1) is 15.9. The topological polar surface area (TPSA) is 82.1 Å². The maximum Gasteiger partial charge on any atom is 0.0998 e. The van der Waals surface area contributed by atoms with E-state index >= 15 is 0 Å². The normalized spacial score (nSPS) is 9.85. The maximum absolute atomic E-state index is 9.35. The summed E-state index contributed by atoms with van der Waals surface area (Å²) in [6, 6.07) is 25.2. The minimum absolute atomic E-state index is 0. The smallest absolute Gasteiger partial charge is 0.0998 e. The van der Waals surface area contributed by atoms with E-state index in [4.69, 9.17) is 10.9 Å². The summed E-state index contributed by atoms with van der Waals surface area (Å²) in [5.41, 5.74) is 13.5. The molecule has 182 valence electrons. The summed E-state index contributed by atoms with van der Waals surface area (Å²) in [5.74, 6) is 0.659. The van der Waals surface area contributed by atoms with E-state index in [9.17, 15) is 5.26 Å². The Labute approximate surface area is 207 Å². The molecule has 34 heavy (non-hydrogen) atoms. The molecular weight excluding hydrogens is 418 g/mol. The van der Waals surface area contributed by atoms with E-state index in [1.165, 1.54) is 12.0 Å². The van der Waals surface area contributed by atoms with Crippen LogP contribution >= 0.6 is 0 Å². The van der Waals surface area contributed by atoms with Gasteiger partial charge in [-0.15, -0.1) is 0 Å². The van der Waals surface area contributed by atoms with Crippen LogP contribution in [-0.4, -0.2) is 5.21 Å².